The number of aliphatic hydroxyl groups excluding tert-OH is 1. The van der Waals surface area contributed by atoms with Crippen molar-refractivity contribution < 1.29 is 24.3 Å². The SMILES string of the molecule is CCCCCCCCCCCC(=O)C1=NCC[N+]1(CCO)CC(=O)O.Cl.[NaH]. The summed E-state index contributed by atoms with van der Waals surface area (Å²) in [6.45, 7) is 3.10. The Hall–Kier alpha value is 0.0200. The molecule has 1 atom stereocenters. The second-order valence-electron chi connectivity index (χ2n) is 7.07. The molecule has 0 saturated heterocycles. The van der Waals surface area contributed by atoms with Gasteiger partial charge in [0.25, 0.3) is 5.84 Å². The number of carbonyl (C=O) groups is 2. The number of nitrogens with zero attached hydrogens (tertiary/aromatic N) is 2. The molecule has 1 aliphatic rings. The van der Waals surface area contributed by atoms with E-state index in [0.717, 1.165) is 19.3 Å². The van der Waals surface area contributed by atoms with Crippen molar-refractivity contribution in [1.82, 2.24) is 0 Å². The third-order valence-corrected chi connectivity index (χ3v) is 4.96. The first-order valence-electron chi connectivity index (χ1n) is 9.82. The molecule has 0 saturated carbocycles. The Morgan fingerprint density at radius 1 is 1.04 bits per heavy atom. The number of ketones is 1. The fourth-order valence-corrected chi connectivity index (χ4v) is 3.56. The number of hydrogen-bond acceptors (Lipinski definition) is 4. The van der Waals surface area contributed by atoms with Crippen molar-refractivity contribution in [1.29, 1.82) is 0 Å². The van der Waals surface area contributed by atoms with Gasteiger partial charge in [0.15, 0.2) is 6.54 Å². The summed E-state index contributed by atoms with van der Waals surface area (Å²) in [6.07, 6.45) is 11.2. The number of amidine groups is 1. The number of Topliss-reactive ketones (excluding diaryl/α,β-unsaturated/α-hetero) is 1. The second-order valence-corrected chi connectivity index (χ2v) is 7.07. The van der Waals surface area contributed by atoms with Crippen molar-refractivity contribution >= 4 is 59.6 Å². The number of rotatable bonds is 15. The van der Waals surface area contributed by atoms with Gasteiger partial charge in [-0.05, 0) is 6.42 Å². The number of aliphatic carboxylic acids is 1. The van der Waals surface area contributed by atoms with Gasteiger partial charge in [0.05, 0.1) is 13.2 Å². The molecule has 2 N–H and O–H groups in total. The molecule has 0 aromatic rings. The van der Waals surface area contributed by atoms with Crippen LogP contribution in [-0.4, -0.2) is 94.6 Å². The number of carboxylic acids is 1. The van der Waals surface area contributed by atoms with E-state index in [2.05, 4.69) is 11.9 Å². The van der Waals surface area contributed by atoms with E-state index in [1.165, 1.54) is 38.5 Å². The van der Waals surface area contributed by atoms with E-state index in [4.69, 9.17) is 5.11 Å². The first kappa shape index (κ1) is 29.2. The Balaban J connectivity index is 0. The fourth-order valence-electron chi connectivity index (χ4n) is 3.56. The normalized spacial score (nSPS) is 18.4. The number of carbonyl (C=O) groups excluding carboxylic acids is 1. The topological polar surface area (TPSA) is 87.0 Å². The number of halogens is 1. The first-order valence-corrected chi connectivity index (χ1v) is 9.82. The molecule has 0 aromatic carbocycles. The average Bonchev–Trinajstić information content (AvgIpc) is 2.96. The zero-order valence-corrected chi connectivity index (χ0v) is 16.9. The van der Waals surface area contributed by atoms with Crippen molar-refractivity contribution in [2.75, 3.05) is 32.8 Å². The van der Waals surface area contributed by atoms with Crippen LogP contribution in [0, 0.1) is 0 Å². The van der Waals surface area contributed by atoms with Gasteiger partial charge in [-0.2, -0.15) is 0 Å². The van der Waals surface area contributed by atoms with Crippen molar-refractivity contribution in [3.05, 3.63) is 0 Å². The summed E-state index contributed by atoms with van der Waals surface area (Å²) in [6, 6.07) is 0. The molecule has 0 aromatic heterocycles. The molecule has 1 rings (SSSR count). The summed E-state index contributed by atoms with van der Waals surface area (Å²) in [5.74, 6) is -0.648. The Labute approximate surface area is 192 Å². The predicted octanol–water partition coefficient (Wildman–Crippen LogP) is 2.56. The molecule has 0 aliphatic carbocycles. The molecule has 1 unspecified atom stereocenters. The Morgan fingerprint density at radius 2 is 1.59 bits per heavy atom. The number of aliphatic imine (C=N–C) groups is 1. The minimum absolute atomic E-state index is 0. The van der Waals surface area contributed by atoms with Gasteiger partial charge in [-0.1, -0.05) is 58.3 Å². The van der Waals surface area contributed by atoms with E-state index in [9.17, 15) is 14.7 Å². The van der Waals surface area contributed by atoms with E-state index in [-0.39, 0.29) is 71.9 Å². The van der Waals surface area contributed by atoms with Crippen molar-refractivity contribution in [3.63, 3.8) is 0 Å². The van der Waals surface area contributed by atoms with E-state index in [0.29, 0.717) is 25.3 Å². The van der Waals surface area contributed by atoms with Gasteiger partial charge < -0.3 is 10.2 Å². The maximum absolute atomic E-state index is 12.5. The first-order chi connectivity index (χ1) is 12.1. The van der Waals surface area contributed by atoms with Crippen LogP contribution in [0.4, 0.5) is 0 Å². The molecular formula is C19H37ClN2NaO4+. The molecule has 0 amide bonds. The number of hydrogen-bond donors (Lipinski definition) is 2. The molecule has 8 heteroatoms. The molecular weight excluding hydrogens is 379 g/mol. The molecule has 0 radical (unpaired) electrons. The average molecular weight is 416 g/mol. The third kappa shape index (κ3) is 11.0. The summed E-state index contributed by atoms with van der Waals surface area (Å²) in [4.78, 5) is 28.0. The van der Waals surface area contributed by atoms with Crippen LogP contribution < -0.4 is 0 Å². The van der Waals surface area contributed by atoms with Crippen LogP contribution in [0.5, 0.6) is 0 Å². The molecule has 1 heterocycles. The fraction of sp³-hybridized carbons (Fsp3) is 0.842. The number of carboxylic acid groups (broad SMARTS) is 1. The van der Waals surface area contributed by atoms with Crippen LogP contribution in [0.2, 0.25) is 0 Å². The van der Waals surface area contributed by atoms with E-state index >= 15 is 0 Å². The summed E-state index contributed by atoms with van der Waals surface area (Å²) in [7, 11) is 0. The molecule has 6 nitrogen and oxygen atoms in total. The maximum atomic E-state index is 12.5. The van der Waals surface area contributed by atoms with Crippen LogP contribution in [0.15, 0.2) is 4.99 Å². The molecule has 0 bridgehead atoms. The minimum atomic E-state index is -0.959. The zero-order valence-electron chi connectivity index (χ0n) is 16.1. The Kier molecular flexibility index (Phi) is 18.3. The molecule has 0 fully saturated rings. The van der Waals surface area contributed by atoms with Gasteiger partial charge in [0.1, 0.15) is 13.1 Å². The summed E-state index contributed by atoms with van der Waals surface area (Å²) >= 11 is 0. The van der Waals surface area contributed by atoms with Crippen LogP contribution in [0.1, 0.15) is 71.1 Å². The number of unbranched alkanes of at least 4 members (excludes halogenated alkanes) is 8. The third-order valence-electron chi connectivity index (χ3n) is 4.96. The Morgan fingerprint density at radius 3 is 2.11 bits per heavy atom. The van der Waals surface area contributed by atoms with Crippen molar-refractivity contribution in [2.45, 2.75) is 71.1 Å². The summed E-state index contributed by atoms with van der Waals surface area (Å²) in [5.41, 5.74) is 0. The van der Waals surface area contributed by atoms with E-state index in [1.54, 1.807) is 0 Å². The molecule has 1 aliphatic heterocycles. The molecule has 27 heavy (non-hydrogen) atoms. The van der Waals surface area contributed by atoms with Gasteiger partial charge in [-0.3, -0.25) is 9.28 Å². The van der Waals surface area contributed by atoms with Gasteiger partial charge in [-0.25, -0.2) is 9.79 Å². The molecule has 154 valence electrons. The standard InChI is InChI=1S/C19H34N2O4.ClH.Na.H/c1-2-3-4-5-6-7-8-9-10-11-17(23)19-20-12-13-21(19,14-15-22)16-18(24)25;;;/h22H,2-16H2,1H3;1H;;/p+1. The van der Waals surface area contributed by atoms with Gasteiger partial charge in [0.2, 0.25) is 5.78 Å². The monoisotopic (exact) mass is 415 g/mol. The van der Waals surface area contributed by atoms with Gasteiger partial charge in [-0.15, -0.1) is 12.4 Å². The Bertz CT molecular complexity index is 463. The number of quaternary nitrogens is 1. The van der Waals surface area contributed by atoms with Crippen molar-refractivity contribution in [3.8, 4) is 0 Å². The van der Waals surface area contributed by atoms with Crippen LogP contribution >= 0.6 is 12.4 Å². The van der Waals surface area contributed by atoms with Crippen LogP contribution in [0.3, 0.4) is 0 Å². The molecule has 0 spiro atoms. The van der Waals surface area contributed by atoms with Gasteiger partial charge in [0, 0.05) is 6.42 Å². The summed E-state index contributed by atoms with van der Waals surface area (Å²) in [5, 5.41) is 18.4. The van der Waals surface area contributed by atoms with Crippen LogP contribution in [0.25, 0.3) is 0 Å². The van der Waals surface area contributed by atoms with Gasteiger partial charge >= 0.3 is 35.5 Å². The second kappa shape index (κ2) is 16.9. The quantitative estimate of drug-likeness (QED) is 0.244. The number of aliphatic hydroxyl groups is 1. The van der Waals surface area contributed by atoms with Crippen molar-refractivity contribution in [2.24, 2.45) is 4.99 Å². The van der Waals surface area contributed by atoms with E-state index in [1.807, 2.05) is 0 Å². The van der Waals surface area contributed by atoms with E-state index < -0.39 is 5.97 Å². The summed E-state index contributed by atoms with van der Waals surface area (Å²) < 4.78 is 0.00208. The van der Waals surface area contributed by atoms with Crippen LogP contribution in [-0.2, 0) is 9.59 Å². The zero-order chi connectivity index (χ0) is 18.5. The predicted molar refractivity (Wildman–Crippen MR) is 113 cm³/mol.